The van der Waals surface area contributed by atoms with Gasteiger partial charge in [0.2, 0.25) is 5.91 Å². The monoisotopic (exact) mass is 409 g/mol. The Bertz CT molecular complexity index is 890. The number of benzene rings is 2. The molecule has 0 fully saturated rings. The van der Waals surface area contributed by atoms with Gasteiger partial charge in [-0.2, -0.15) is 0 Å². The van der Waals surface area contributed by atoms with Gasteiger partial charge in [0.25, 0.3) is 5.91 Å². The highest BCUT2D eigenvalue weighted by Gasteiger charge is 2.23. The molecule has 0 radical (unpaired) electrons. The molecule has 0 saturated carbocycles. The third kappa shape index (κ3) is 5.85. The van der Waals surface area contributed by atoms with Crippen molar-refractivity contribution in [1.29, 1.82) is 0 Å². The minimum atomic E-state index is -0.0958. The number of amides is 2. The molecule has 1 N–H and O–H groups in total. The highest BCUT2D eigenvalue weighted by molar-refractivity contribution is 5.95. The molecule has 1 atom stereocenters. The van der Waals surface area contributed by atoms with E-state index >= 15 is 0 Å². The van der Waals surface area contributed by atoms with Crippen molar-refractivity contribution < 1.29 is 9.59 Å². The highest BCUT2D eigenvalue weighted by atomic mass is 16.2. The normalized spacial score (nSPS) is 11.9. The predicted octanol–water partition coefficient (Wildman–Crippen LogP) is 5.10. The van der Waals surface area contributed by atoms with Gasteiger partial charge in [0, 0.05) is 49.5 Å². The lowest BCUT2D eigenvalue weighted by Gasteiger charge is -2.31. The van der Waals surface area contributed by atoms with Crippen molar-refractivity contribution in [2.24, 2.45) is 5.92 Å². The first-order chi connectivity index (χ1) is 14.1. The van der Waals surface area contributed by atoms with Gasteiger partial charge in [0.05, 0.1) is 0 Å². The average molecular weight is 410 g/mol. The van der Waals surface area contributed by atoms with Gasteiger partial charge in [-0.25, -0.2) is 0 Å². The van der Waals surface area contributed by atoms with Gasteiger partial charge in [-0.15, -0.1) is 0 Å². The second-order valence-electron chi connectivity index (χ2n) is 8.44. The van der Waals surface area contributed by atoms with Crippen LogP contribution in [0.2, 0.25) is 0 Å². The van der Waals surface area contributed by atoms with Crippen molar-refractivity contribution in [3.8, 4) is 0 Å². The number of aryl methyl sites for hydroxylation is 1. The zero-order valence-electron chi connectivity index (χ0n) is 19.3. The standard InChI is InChI=1S/C25H35N3O2/c1-8-19(5)28(25(30)20-11-9-10-18(4)14-20)16-21-15-22(26-24(29)17(2)3)12-13-23(21)27(6)7/h9-15,17,19H,8,16H2,1-7H3,(H,26,29). The summed E-state index contributed by atoms with van der Waals surface area (Å²) < 4.78 is 0. The molecule has 0 heterocycles. The van der Waals surface area contributed by atoms with Gasteiger partial charge in [-0.3, -0.25) is 9.59 Å². The summed E-state index contributed by atoms with van der Waals surface area (Å²) in [6.45, 7) is 10.4. The molecule has 2 rings (SSSR count). The smallest absolute Gasteiger partial charge is 0.254 e. The third-order valence-electron chi connectivity index (χ3n) is 5.34. The van der Waals surface area contributed by atoms with Gasteiger partial charge >= 0.3 is 0 Å². The fourth-order valence-corrected chi connectivity index (χ4v) is 3.29. The molecule has 5 nitrogen and oxygen atoms in total. The summed E-state index contributed by atoms with van der Waals surface area (Å²) in [7, 11) is 3.97. The van der Waals surface area contributed by atoms with E-state index in [4.69, 9.17) is 0 Å². The molecular weight excluding hydrogens is 374 g/mol. The molecule has 0 bridgehead atoms. The van der Waals surface area contributed by atoms with E-state index in [2.05, 4.69) is 19.2 Å². The van der Waals surface area contributed by atoms with Gasteiger partial charge in [0.15, 0.2) is 0 Å². The lowest BCUT2D eigenvalue weighted by atomic mass is 10.1. The third-order valence-corrected chi connectivity index (χ3v) is 5.34. The Balaban J connectivity index is 2.42. The molecule has 0 aliphatic heterocycles. The Hall–Kier alpha value is -2.82. The average Bonchev–Trinajstić information content (AvgIpc) is 2.70. The van der Waals surface area contributed by atoms with E-state index in [1.165, 1.54) is 0 Å². The van der Waals surface area contributed by atoms with E-state index < -0.39 is 0 Å². The molecule has 0 aromatic heterocycles. The van der Waals surface area contributed by atoms with Crippen molar-refractivity contribution in [3.05, 3.63) is 59.2 Å². The van der Waals surface area contributed by atoms with Gasteiger partial charge in [-0.05, 0) is 56.2 Å². The van der Waals surface area contributed by atoms with Crippen molar-refractivity contribution in [2.75, 3.05) is 24.3 Å². The van der Waals surface area contributed by atoms with Crippen LogP contribution in [0, 0.1) is 12.8 Å². The summed E-state index contributed by atoms with van der Waals surface area (Å²) in [6.07, 6.45) is 0.860. The van der Waals surface area contributed by atoms with E-state index in [1.54, 1.807) is 0 Å². The highest BCUT2D eigenvalue weighted by Crippen LogP contribution is 2.27. The quantitative estimate of drug-likeness (QED) is 0.660. The Morgan fingerprint density at radius 2 is 1.73 bits per heavy atom. The zero-order chi connectivity index (χ0) is 22.4. The first-order valence-corrected chi connectivity index (χ1v) is 10.6. The number of nitrogens with zero attached hydrogens (tertiary/aromatic N) is 2. The molecule has 0 spiro atoms. The summed E-state index contributed by atoms with van der Waals surface area (Å²) in [6, 6.07) is 13.7. The van der Waals surface area contributed by atoms with Crippen molar-refractivity contribution in [2.45, 2.75) is 53.6 Å². The predicted molar refractivity (Wildman–Crippen MR) is 125 cm³/mol. The van der Waals surface area contributed by atoms with Crippen LogP contribution in [0.15, 0.2) is 42.5 Å². The van der Waals surface area contributed by atoms with Crippen LogP contribution >= 0.6 is 0 Å². The number of anilines is 2. The molecular formula is C25H35N3O2. The summed E-state index contributed by atoms with van der Waals surface area (Å²) in [5, 5.41) is 2.97. The Morgan fingerprint density at radius 3 is 2.30 bits per heavy atom. The summed E-state index contributed by atoms with van der Waals surface area (Å²) in [4.78, 5) is 29.5. The van der Waals surface area contributed by atoms with Crippen LogP contribution in [0.25, 0.3) is 0 Å². The van der Waals surface area contributed by atoms with Crippen LogP contribution in [0.5, 0.6) is 0 Å². The van der Waals surface area contributed by atoms with Crippen LogP contribution in [0.1, 0.15) is 55.6 Å². The molecule has 0 saturated heterocycles. The minimum Gasteiger partial charge on any atom is -0.377 e. The summed E-state index contributed by atoms with van der Waals surface area (Å²) in [5.74, 6) is -0.0935. The van der Waals surface area contributed by atoms with Gasteiger partial charge < -0.3 is 15.1 Å². The second-order valence-corrected chi connectivity index (χ2v) is 8.44. The van der Waals surface area contributed by atoms with Crippen molar-refractivity contribution in [3.63, 3.8) is 0 Å². The van der Waals surface area contributed by atoms with Gasteiger partial charge in [-0.1, -0.05) is 38.5 Å². The molecule has 1 unspecified atom stereocenters. The first kappa shape index (κ1) is 23.5. The lowest BCUT2D eigenvalue weighted by Crippen LogP contribution is -2.38. The van der Waals surface area contributed by atoms with E-state index in [9.17, 15) is 9.59 Å². The molecule has 2 aromatic carbocycles. The number of hydrogen-bond donors (Lipinski definition) is 1. The van der Waals surface area contributed by atoms with E-state index in [0.29, 0.717) is 12.1 Å². The number of rotatable bonds is 8. The van der Waals surface area contributed by atoms with Crippen LogP contribution in [0.4, 0.5) is 11.4 Å². The van der Waals surface area contributed by atoms with Crippen LogP contribution in [0.3, 0.4) is 0 Å². The Labute approximate surface area is 181 Å². The Kier molecular flexibility index (Phi) is 8.04. The molecule has 5 heteroatoms. The number of carbonyl (C=O) groups is 2. The van der Waals surface area contributed by atoms with Gasteiger partial charge in [0.1, 0.15) is 0 Å². The fraction of sp³-hybridized carbons (Fsp3) is 0.440. The summed E-state index contributed by atoms with van der Waals surface area (Å²) in [5.41, 5.74) is 4.55. The number of hydrogen-bond acceptors (Lipinski definition) is 3. The fourth-order valence-electron chi connectivity index (χ4n) is 3.29. The molecule has 2 aromatic rings. The summed E-state index contributed by atoms with van der Waals surface area (Å²) >= 11 is 0. The molecule has 0 aliphatic carbocycles. The van der Waals surface area contributed by atoms with E-state index in [1.807, 2.05) is 87.1 Å². The van der Waals surface area contributed by atoms with Crippen LogP contribution < -0.4 is 10.2 Å². The maximum atomic E-state index is 13.4. The molecule has 30 heavy (non-hydrogen) atoms. The zero-order valence-corrected chi connectivity index (χ0v) is 19.3. The largest absolute Gasteiger partial charge is 0.377 e. The molecule has 2 amide bonds. The number of nitrogens with one attached hydrogen (secondary N) is 1. The molecule has 0 aliphatic rings. The maximum absolute atomic E-state index is 13.4. The topological polar surface area (TPSA) is 52.7 Å². The van der Waals surface area contributed by atoms with E-state index in [0.717, 1.165) is 28.9 Å². The second kappa shape index (κ2) is 10.3. The van der Waals surface area contributed by atoms with Crippen molar-refractivity contribution >= 4 is 23.2 Å². The molecule has 162 valence electrons. The maximum Gasteiger partial charge on any atom is 0.254 e. The lowest BCUT2D eigenvalue weighted by molar-refractivity contribution is -0.118. The number of carbonyl (C=O) groups excluding carboxylic acids is 2. The van der Waals surface area contributed by atoms with E-state index in [-0.39, 0.29) is 23.8 Å². The van der Waals surface area contributed by atoms with Crippen LogP contribution in [-0.4, -0.2) is 36.9 Å². The Morgan fingerprint density at radius 1 is 1.03 bits per heavy atom. The minimum absolute atomic E-state index is 0.0202. The van der Waals surface area contributed by atoms with Crippen molar-refractivity contribution in [1.82, 2.24) is 4.90 Å². The first-order valence-electron chi connectivity index (χ1n) is 10.6. The van der Waals surface area contributed by atoms with Crippen LogP contribution in [-0.2, 0) is 11.3 Å². The SMILES string of the molecule is CCC(C)N(Cc1cc(NC(=O)C(C)C)ccc1N(C)C)C(=O)c1cccc(C)c1.